The van der Waals surface area contributed by atoms with E-state index in [2.05, 4.69) is 31.9 Å². The number of hydrogen-bond acceptors (Lipinski definition) is 1. The number of rotatable bonds is 2. The van der Waals surface area contributed by atoms with Crippen molar-refractivity contribution in [2.24, 2.45) is 5.92 Å². The van der Waals surface area contributed by atoms with E-state index in [-0.39, 0.29) is 3.23 Å². The van der Waals surface area contributed by atoms with E-state index in [9.17, 15) is 0 Å². The van der Waals surface area contributed by atoms with Gasteiger partial charge in [-0.15, -0.1) is 0 Å². The minimum atomic E-state index is 0.183. The van der Waals surface area contributed by atoms with Gasteiger partial charge in [0.05, 0.1) is 3.23 Å². The predicted molar refractivity (Wildman–Crippen MR) is 40.4 cm³/mol. The molecule has 0 saturated heterocycles. The number of hydrogen-bond donors (Lipinski definition) is 1. The zero-order valence-electron chi connectivity index (χ0n) is 4.40. The van der Waals surface area contributed by atoms with Crippen LogP contribution in [-0.2, 0) is 0 Å². The van der Waals surface area contributed by atoms with Gasteiger partial charge in [0.2, 0.25) is 0 Å². The van der Waals surface area contributed by atoms with Crippen LogP contribution in [0.3, 0.4) is 0 Å². The van der Waals surface area contributed by atoms with Crippen LogP contribution in [0.2, 0.25) is 0 Å². The lowest BCUT2D eigenvalue weighted by molar-refractivity contribution is 0.280. The van der Waals surface area contributed by atoms with Crippen molar-refractivity contribution >= 4 is 31.9 Å². The van der Waals surface area contributed by atoms with Crippen LogP contribution < -0.4 is 0 Å². The Kier molecular flexibility index (Phi) is 2.00. The van der Waals surface area contributed by atoms with Gasteiger partial charge < -0.3 is 5.11 Å². The van der Waals surface area contributed by atoms with Crippen LogP contribution >= 0.6 is 31.9 Å². The first kappa shape index (κ1) is 7.03. The molecule has 0 aromatic carbocycles. The normalized spacial score (nSPS) is 32.6. The van der Waals surface area contributed by atoms with Gasteiger partial charge >= 0.3 is 0 Å². The van der Waals surface area contributed by atoms with Gasteiger partial charge in [-0.25, -0.2) is 0 Å². The van der Waals surface area contributed by atoms with Gasteiger partial charge in [-0.05, 0) is 18.8 Å². The van der Waals surface area contributed by atoms with Crippen molar-refractivity contribution in [3.63, 3.8) is 0 Å². The SMILES string of the molecule is OCCC1CC1(Br)Br. The fourth-order valence-electron chi connectivity index (χ4n) is 0.739. The molecule has 1 aliphatic carbocycles. The molecule has 1 N–H and O–H groups in total. The molecule has 0 bridgehead atoms. The molecular weight excluding hydrogens is 236 g/mol. The highest BCUT2D eigenvalue weighted by Gasteiger charge is 2.49. The highest BCUT2D eigenvalue weighted by molar-refractivity contribution is 9.25. The summed E-state index contributed by atoms with van der Waals surface area (Å²) in [5.41, 5.74) is 0. The highest BCUT2D eigenvalue weighted by Crippen LogP contribution is 2.57. The molecule has 0 aromatic heterocycles. The second-order valence-electron chi connectivity index (χ2n) is 2.17. The summed E-state index contributed by atoms with van der Waals surface area (Å²) in [6.45, 7) is 0.309. The molecule has 0 amide bonds. The molecule has 1 atom stereocenters. The summed E-state index contributed by atoms with van der Waals surface area (Å²) < 4.78 is 0.183. The van der Waals surface area contributed by atoms with Gasteiger partial charge in [-0.2, -0.15) is 0 Å². The molecule has 0 aliphatic heterocycles. The highest BCUT2D eigenvalue weighted by atomic mass is 79.9. The molecule has 0 spiro atoms. The van der Waals surface area contributed by atoms with E-state index in [1.807, 2.05) is 0 Å². The molecule has 1 fully saturated rings. The number of aliphatic hydroxyl groups excluding tert-OH is 1. The van der Waals surface area contributed by atoms with Crippen molar-refractivity contribution in [3.05, 3.63) is 0 Å². The molecule has 1 unspecified atom stereocenters. The lowest BCUT2D eigenvalue weighted by Gasteiger charge is -1.93. The monoisotopic (exact) mass is 242 g/mol. The standard InChI is InChI=1S/C5H8Br2O/c6-5(7)3-4(5)1-2-8/h4,8H,1-3H2. The average Bonchev–Trinajstić information content (AvgIpc) is 2.15. The summed E-state index contributed by atoms with van der Waals surface area (Å²) >= 11 is 6.92. The maximum Gasteiger partial charge on any atom is 0.0838 e. The van der Waals surface area contributed by atoms with Crippen molar-refractivity contribution < 1.29 is 5.11 Å². The zero-order valence-corrected chi connectivity index (χ0v) is 7.57. The maximum absolute atomic E-state index is 8.47. The molecule has 1 saturated carbocycles. The number of halogens is 2. The van der Waals surface area contributed by atoms with E-state index in [1.54, 1.807) is 0 Å². The van der Waals surface area contributed by atoms with Crippen LogP contribution in [0.5, 0.6) is 0 Å². The number of alkyl halides is 2. The van der Waals surface area contributed by atoms with Crippen LogP contribution in [0, 0.1) is 5.92 Å². The summed E-state index contributed by atoms with van der Waals surface area (Å²) in [7, 11) is 0. The summed E-state index contributed by atoms with van der Waals surface area (Å²) in [6.07, 6.45) is 2.06. The van der Waals surface area contributed by atoms with Gasteiger partial charge in [0.15, 0.2) is 0 Å². The van der Waals surface area contributed by atoms with Crippen molar-refractivity contribution in [1.29, 1.82) is 0 Å². The van der Waals surface area contributed by atoms with Crippen LogP contribution in [0.4, 0.5) is 0 Å². The van der Waals surface area contributed by atoms with Gasteiger partial charge in [0.1, 0.15) is 0 Å². The molecule has 0 heterocycles. The second-order valence-corrected chi connectivity index (χ2v) is 6.07. The van der Waals surface area contributed by atoms with Gasteiger partial charge in [-0.3, -0.25) is 0 Å². The van der Waals surface area contributed by atoms with E-state index >= 15 is 0 Å². The largest absolute Gasteiger partial charge is 0.396 e. The summed E-state index contributed by atoms with van der Waals surface area (Å²) in [5.74, 6) is 0.646. The first-order chi connectivity index (χ1) is 3.67. The smallest absolute Gasteiger partial charge is 0.0838 e. The molecular formula is C5H8Br2O. The Morgan fingerprint density at radius 3 is 2.25 bits per heavy atom. The van der Waals surface area contributed by atoms with Crippen molar-refractivity contribution in [2.45, 2.75) is 16.1 Å². The first-order valence-electron chi connectivity index (χ1n) is 2.65. The Balaban J connectivity index is 2.17. The molecule has 8 heavy (non-hydrogen) atoms. The van der Waals surface area contributed by atoms with Crippen LogP contribution in [0.25, 0.3) is 0 Å². The molecule has 1 aliphatic rings. The summed E-state index contributed by atoms with van der Waals surface area (Å²) in [6, 6.07) is 0. The molecule has 48 valence electrons. The third kappa shape index (κ3) is 1.45. The fourth-order valence-corrected chi connectivity index (χ4v) is 1.98. The molecule has 3 heteroatoms. The van der Waals surface area contributed by atoms with E-state index in [4.69, 9.17) is 5.11 Å². The Bertz CT molecular complexity index is 92.4. The lowest BCUT2D eigenvalue weighted by Crippen LogP contribution is -1.91. The number of aliphatic hydroxyl groups is 1. The Morgan fingerprint density at radius 2 is 2.12 bits per heavy atom. The van der Waals surface area contributed by atoms with E-state index in [0.29, 0.717) is 12.5 Å². The molecule has 1 rings (SSSR count). The van der Waals surface area contributed by atoms with Crippen LogP contribution in [0.1, 0.15) is 12.8 Å². The predicted octanol–water partition coefficient (Wildman–Crippen LogP) is 1.87. The van der Waals surface area contributed by atoms with Gasteiger partial charge in [-0.1, -0.05) is 31.9 Å². The third-order valence-corrected chi connectivity index (χ3v) is 3.38. The van der Waals surface area contributed by atoms with E-state index in [1.165, 1.54) is 0 Å². The van der Waals surface area contributed by atoms with Crippen molar-refractivity contribution in [1.82, 2.24) is 0 Å². The maximum atomic E-state index is 8.47. The molecule has 0 aromatic rings. The van der Waals surface area contributed by atoms with Crippen LogP contribution in [0.15, 0.2) is 0 Å². The minimum absolute atomic E-state index is 0.183. The van der Waals surface area contributed by atoms with Crippen molar-refractivity contribution in [3.8, 4) is 0 Å². The third-order valence-electron chi connectivity index (χ3n) is 1.43. The quantitative estimate of drug-likeness (QED) is 0.735. The first-order valence-corrected chi connectivity index (χ1v) is 4.24. The second kappa shape index (κ2) is 2.27. The topological polar surface area (TPSA) is 20.2 Å². The summed E-state index contributed by atoms with van der Waals surface area (Å²) in [4.78, 5) is 0. The van der Waals surface area contributed by atoms with Gasteiger partial charge in [0.25, 0.3) is 0 Å². The minimum Gasteiger partial charge on any atom is -0.396 e. The molecule has 1 nitrogen and oxygen atoms in total. The zero-order chi connectivity index (χ0) is 6.20. The summed E-state index contributed by atoms with van der Waals surface area (Å²) in [5, 5.41) is 8.47. The van der Waals surface area contributed by atoms with Gasteiger partial charge in [0, 0.05) is 6.61 Å². The lowest BCUT2D eigenvalue weighted by atomic mass is 10.3. The van der Waals surface area contributed by atoms with E-state index < -0.39 is 0 Å². The molecule has 0 radical (unpaired) electrons. The Morgan fingerprint density at radius 1 is 1.62 bits per heavy atom. The van der Waals surface area contributed by atoms with E-state index in [0.717, 1.165) is 12.8 Å². The average molecular weight is 244 g/mol. The Hall–Kier alpha value is 0.920. The Labute approximate surface area is 65.7 Å². The van der Waals surface area contributed by atoms with Crippen LogP contribution in [-0.4, -0.2) is 14.9 Å². The van der Waals surface area contributed by atoms with Crippen molar-refractivity contribution in [2.75, 3.05) is 6.61 Å². The fraction of sp³-hybridized carbons (Fsp3) is 1.00.